The first-order valence-electron chi connectivity index (χ1n) is 6.72. The summed E-state index contributed by atoms with van der Waals surface area (Å²) in [5.41, 5.74) is 1.03. The largest absolute Gasteiger partial charge is 0.478 e. The number of hydrogen-bond acceptors (Lipinski definition) is 3. The molecule has 0 spiro atoms. The standard InChI is InChI=1S/C15H20N2O4/c1-9(2)17-13(18)4-5-16-14(19)11-6-10(3)7-12(8-11)15(20)21/h6-9H,4-5H2,1-3H3,(H,16,19)(H,17,18)(H,20,21). The van der Waals surface area contributed by atoms with Crippen molar-refractivity contribution in [1.82, 2.24) is 10.6 Å². The van der Waals surface area contributed by atoms with Gasteiger partial charge in [0, 0.05) is 24.6 Å². The minimum atomic E-state index is -1.08. The molecule has 1 aromatic rings. The SMILES string of the molecule is Cc1cc(C(=O)O)cc(C(=O)NCCC(=O)NC(C)C)c1. The van der Waals surface area contributed by atoms with Crippen molar-refractivity contribution in [3.05, 3.63) is 34.9 Å². The lowest BCUT2D eigenvalue weighted by atomic mass is 10.1. The van der Waals surface area contributed by atoms with Crippen molar-refractivity contribution in [2.75, 3.05) is 6.54 Å². The first kappa shape index (κ1) is 16.7. The van der Waals surface area contributed by atoms with E-state index in [4.69, 9.17) is 5.11 Å². The van der Waals surface area contributed by atoms with Crippen LogP contribution in [0, 0.1) is 6.92 Å². The van der Waals surface area contributed by atoms with E-state index < -0.39 is 11.9 Å². The molecule has 1 rings (SSSR count). The normalized spacial score (nSPS) is 10.3. The maximum absolute atomic E-state index is 11.9. The number of amides is 2. The van der Waals surface area contributed by atoms with Crippen molar-refractivity contribution in [3.63, 3.8) is 0 Å². The summed E-state index contributed by atoms with van der Waals surface area (Å²) >= 11 is 0. The predicted octanol–water partition coefficient (Wildman–Crippen LogP) is 1.34. The Labute approximate surface area is 123 Å². The summed E-state index contributed by atoms with van der Waals surface area (Å²) in [6.45, 7) is 5.64. The summed E-state index contributed by atoms with van der Waals surface area (Å²) in [6, 6.07) is 4.48. The number of aryl methyl sites for hydroxylation is 1. The molecule has 0 radical (unpaired) electrons. The van der Waals surface area contributed by atoms with Crippen LogP contribution in [0.2, 0.25) is 0 Å². The predicted molar refractivity (Wildman–Crippen MR) is 78.4 cm³/mol. The molecule has 114 valence electrons. The van der Waals surface area contributed by atoms with E-state index in [9.17, 15) is 14.4 Å². The molecule has 0 aliphatic heterocycles. The van der Waals surface area contributed by atoms with Crippen LogP contribution in [-0.2, 0) is 4.79 Å². The van der Waals surface area contributed by atoms with Gasteiger partial charge in [0.2, 0.25) is 5.91 Å². The number of rotatable bonds is 6. The number of nitrogens with one attached hydrogen (secondary N) is 2. The number of carbonyl (C=O) groups excluding carboxylic acids is 2. The van der Waals surface area contributed by atoms with Gasteiger partial charge >= 0.3 is 5.97 Å². The second kappa shape index (κ2) is 7.42. The van der Waals surface area contributed by atoms with Crippen molar-refractivity contribution in [1.29, 1.82) is 0 Å². The molecule has 0 aliphatic carbocycles. The monoisotopic (exact) mass is 292 g/mol. The quantitative estimate of drug-likeness (QED) is 0.737. The molecule has 0 aromatic heterocycles. The molecule has 0 fully saturated rings. The summed E-state index contributed by atoms with van der Waals surface area (Å²) in [4.78, 5) is 34.3. The Kier molecular flexibility index (Phi) is 5.90. The third-order valence-corrected chi connectivity index (χ3v) is 2.67. The van der Waals surface area contributed by atoms with Gasteiger partial charge in [0.05, 0.1) is 5.56 Å². The zero-order valence-corrected chi connectivity index (χ0v) is 12.4. The third kappa shape index (κ3) is 5.64. The first-order chi connectivity index (χ1) is 9.79. The molecule has 0 aliphatic rings. The van der Waals surface area contributed by atoms with Crippen molar-refractivity contribution in [2.24, 2.45) is 0 Å². The summed E-state index contributed by atoms with van der Waals surface area (Å²) in [5, 5.41) is 14.3. The Morgan fingerprint density at radius 3 is 2.33 bits per heavy atom. The van der Waals surface area contributed by atoms with Crippen molar-refractivity contribution >= 4 is 17.8 Å². The van der Waals surface area contributed by atoms with E-state index in [2.05, 4.69) is 10.6 Å². The number of aromatic carboxylic acids is 1. The Morgan fingerprint density at radius 2 is 1.76 bits per heavy atom. The Balaban J connectivity index is 2.60. The molecule has 0 heterocycles. The smallest absolute Gasteiger partial charge is 0.335 e. The van der Waals surface area contributed by atoms with Gasteiger partial charge in [0.25, 0.3) is 5.91 Å². The minimum absolute atomic E-state index is 0.0584. The molecule has 1 aromatic carbocycles. The second-order valence-electron chi connectivity index (χ2n) is 5.12. The van der Waals surface area contributed by atoms with E-state index in [0.717, 1.165) is 0 Å². The van der Waals surface area contributed by atoms with E-state index in [1.807, 2.05) is 13.8 Å². The molecule has 0 bridgehead atoms. The average molecular weight is 292 g/mol. The van der Waals surface area contributed by atoms with E-state index in [1.165, 1.54) is 12.1 Å². The van der Waals surface area contributed by atoms with Crippen LogP contribution in [0.3, 0.4) is 0 Å². The molecular weight excluding hydrogens is 272 g/mol. The maximum Gasteiger partial charge on any atom is 0.335 e. The van der Waals surface area contributed by atoms with Gasteiger partial charge in [-0.05, 0) is 44.5 Å². The molecule has 0 unspecified atom stereocenters. The van der Waals surface area contributed by atoms with Gasteiger partial charge in [-0.15, -0.1) is 0 Å². The third-order valence-electron chi connectivity index (χ3n) is 2.67. The van der Waals surface area contributed by atoms with Crippen LogP contribution in [0.4, 0.5) is 0 Å². The molecule has 0 atom stereocenters. The number of carboxylic acid groups (broad SMARTS) is 1. The fourth-order valence-corrected chi connectivity index (χ4v) is 1.82. The highest BCUT2D eigenvalue weighted by Crippen LogP contribution is 2.10. The molecule has 3 N–H and O–H groups in total. The van der Waals surface area contributed by atoms with Crippen molar-refractivity contribution in [2.45, 2.75) is 33.2 Å². The molecule has 0 saturated heterocycles. The number of hydrogen-bond donors (Lipinski definition) is 3. The number of carbonyl (C=O) groups is 3. The Bertz CT molecular complexity index is 553. The summed E-state index contributed by atoms with van der Waals surface area (Å²) in [6.07, 6.45) is 0.182. The van der Waals surface area contributed by atoms with Crippen LogP contribution in [0.1, 0.15) is 46.5 Å². The molecule has 0 saturated carbocycles. The Hall–Kier alpha value is -2.37. The van der Waals surface area contributed by atoms with E-state index >= 15 is 0 Å². The highest BCUT2D eigenvalue weighted by Gasteiger charge is 2.11. The van der Waals surface area contributed by atoms with Gasteiger partial charge in [-0.25, -0.2) is 4.79 Å². The maximum atomic E-state index is 11.9. The minimum Gasteiger partial charge on any atom is -0.478 e. The molecule has 21 heavy (non-hydrogen) atoms. The van der Waals surface area contributed by atoms with Crippen LogP contribution in [0.5, 0.6) is 0 Å². The van der Waals surface area contributed by atoms with Gasteiger partial charge in [0.15, 0.2) is 0 Å². The summed E-state index contributed by atoms with van der Waals surface area (Å²) in [7, 11) is 0. The highest BCUT2D eigenvalue weighted by atomic mass is 16.4. The van der Waals surface area contributed by atoms with E-state index in [1.54, 1.807) is 13.0 Å². The van der Waals surface area contributed by atoms with Crippen LogP contribution >= 0.6 is 0 Å². The zero-order chi connectivity index (χ0) is 16.0. The van der Waals surface area contributed by atoms with Gasteiger partial charge in [0.1, 0.15) is 0 Å². The summed E-state index contributed by atoms with van der Waals surface area (Å²) < 4.78 is 0. The lowest BCUT2D eigenvalue weighted by Gasteiger charge is -2.09. The highest BCUT2D eigenvalue weighted by molar-refractivity contribution is 5.98. The average Bonchev–Trinajstić information content (AvgIpc) is 2.36. The zero-order valence-electron chi connectivity index (χ0n) is 12.4. The lowest BCUT2D eigenvalue weighted by Crippen LogP contribution is -2.34. The van der Waals surface area contributed by atoms with Gasteiger partial charge < -0.3 is 15.7 Å². The molecular formula is C15H20N2O4. The second-order valence-corrected chi connectivity index (χ2v) is 5.12. The molecule has 6 nitrogen and oxygen atoms in total. The van der Waals surface area contributed by atoms with E-state index in [0.29, 0.717) is 5.56 Å². The topological polar surface area (TPSA) is 95.5 Å². The Morgan fingerprint density at radius 1 is 1.14 bits per heavy atom. The molecule has 6 heteroatoms. The van der Waals surface area contributed by atoms with E-state index in [-0.39, 0.29) is 36.0 Å². The fraction of sp³-hybridized carbons (Fsp3) is 0.400. The number of benzene rings is 1. The van der Waals surface area contributed by atoms with Gasteiger partial charge in [-0.2, -0.15) is 0 Å². The van der Waals surface area contributed by atoms with Crippen LogP contribution in [0.15, 0.2) is 18.2 Å². The van der Waals surface area contributed by atoms with Crippen molar-refractivity contribution in [3.8, 4) is 0 Å². The first-order valence-corrected chi connectivity index (χ1v) is 6.72. The molecule has 2 amide bonds. The number of carboxylic acids is 1. The van der Waals surface area contributed by atoms with Gasteiger partial charge in [-0.1, -0.05) is 0 Å². The van der Waals surface area contributed by atoms with Gasteiger partial charge in [-0.3, -0.25) is 9.59 Å². The van der Waals surface area contributed by atoms with Crippen molar-refractivity contribution < 1.29 is 19.5 Å². The van der Waals surface area contributed by atoms with Crippen LogP contribution in [0.25, 0.3) is 0 Å². The fourth-order valence-electron chi connectivity index (χ4n) is 1.82. The van der Waals surface area contributed by atoms with Crippen LogP contribution in [-0.4, -0.2) is 35.5 Å². The summed E-state index contributed by atoms with van der Waals surface area (Å²) in [5.74, 6) is -1.61. The van der Waals surface area contributed by atoms with Crippen LogP contribution < -0.4 is 10.6 Å². The lowest BCUT2D eigenvalue weighted by molar-refractivity contribution is -0.121.